The number of nitrogens with two attached hydrogens (primary N) is 1. The van der Waals surface area contributed by atoms with E-state index in [9.17, 15) is 0 Å². The fourth-order valence-corrected chi connectivity index (χ4v) is 0.473. The number of rotatable bonds is 2. The molecule has 0 aliphatic rings. The van der Waals surface area contributed by atoms with Gasteiger partial charge < -0.3 is 4.74 Å². The van der Waals surface area contributed by atoms with Gasteiger partial charge in [-0.1, -0.05) is 13.8 Å². The topological polar surface area (TPSA) is 35.2 Å². The van der Waals surface area contributed by atoms with E-state index in [1.165, 1.54) is 0 Å². The minimum Gasteiger partial charge on any atom is -0.477 e. The van der Waals surface area contributed by atoms with Gasteiger partial charge in [0.05, 0.1) is 6.61 Å². The van der Waals surface area contributed by atoms with Gasteiger partial charge in [0.15, 0.2) is 0 Å². The molecule has 2 N–H and O–H groups in total. The van der Waals surface area contributed by atoms with Crippen LogP contribution in [0.4, 0.5) is 0 Å². The molecular weight excluding hydrogens is 154 g/mol. The van der Waals surface area contributed by atoms with E-state index in [4.69, 9.17) is 9.88 Å². The summed E-state index contributed by atoms with van der Waals surface area (Å²) in [4.78, 5) is 0. The molecule has 0 unspecified atom stereocenters. The normalized spacial score (nSPS) is 9.78. The molecule has 0 aromatic rings. The summed E-state index contributed by atoms with van der Waals surface area (Å²) in [5.41, 5.74) is 0. The molecule has 0 spiro atoms. The third kappa shape index (κ3) is 6.08. The first-order valence-electron chi connectivity index (χ1n) is 2.70. The zero-order valence-electron chi connectivity index (χ0n) is 5.59. The fraction of sp³-hybridized carbons (Fsp3) is 0.800. The maximum Gasteiger partial charge on any atom is 0.235 e. The quantitative estimate of drug-likeness (QED) is 0.497. The summed E-state index contributed by atoms with van der Waals surface area (Å²) in [5.74, 6) is 0.509. The standard InChI is InChI=1S/C5H11NOS2/c1-4(2)3-7-5(8)9-6/h4H,3,6H2,1-2H3. The van der Waals surface area contributed by atoms with Crippen molar-refractivity contribution in [2.24, 2.45) is 11.1 Å². The van der Waals surface area contributed by atoms with Crippen LogP contribution in [-0.2, 0) is 4.74 Å². The summed E-state index contributed by atoms with van der Waals surface area (Å²) in [5, 5.41) is 5.11. The predicted molar refractivity (Wildman–Crippen MR) is 45.2 cm³/mol. The van der Waals surface area contributed by atoms with Crippen molar-refractivity contribution >= 4 is 28.5 Å². The van der Waals surface area contributed by atoms with Crippen molar-refractivity contribution in [3.05, 3.63) is 0 Å². The Labute approximate surface area is 65.3 Å². The summed E-state index contributed by atoms with van der Waals surface area (Å²) >= 11 is 5.67. The first kappa shape index (κ1) is 9.20. The van der Waals surface area contributed by atoms with E-state index < -0.39 is 0 Å². The largest absolute Gasteiger partial charge is 0.477 e. The van der Waals surface area contributed by atoms with Crippen molar-refractivity contribution in [1.82, 2.24) is 0 Å². The Hall–Kier alpha value is 0.200. The molecule has 0 aromatic carbocycles. The lowest BCUT2D eigenvalue weighted by Crippen LogP contribution is -2.06. The van der Waals surface area contributed by atoms with Crippen LogP contribution in [0.3, 0.4) is 0 Å². The van der Waals surface area contributed by atoms with Crippen molar-refractivity contribution in [2.45, 2.75) is 13.8 Å². The van der Waals surface area contributed by atoms with Crippen molar-refractivity contribution in [2.75, 3.05) is 6.61 Å². The Morgan fingerprint density at radius 3 is 2.67 bits per heavy atom. The zero-order valence-corrected chi connectivity index (χ0v) is 7.22. The summed E-state index contributed by atoms with van der Waals surface area (Å²) in [6.45, 7) is 4.77. The molecule has 0 radical (unpaired) electrons. The van der Waals surface area contributed by atoms with E-state index in [0.717, 1.165) is 11.9 Å². The van der Waals surface area contributed by atoms with Crippen molar-refractivity contribution in [3.63, 3.8) is 0 Å². The second-order valence-corrected chi connectivity index (χ2v) is 3.31. The smallest absolute Gasteiger partial charge is 0.235 e. The molecule has 0 saturated carbocycles. The lowest BCUT2D eigenvalue weighted by atomic mass is 10.2. The number of ether oxygens (including phenoxy) is 1. The predicted octanol–water partition coefficient (Wildman–Crippen LogP) is 1.55. The maximum atomic E-state index is 5.11. The highest BCUT2D eigenvalue weighted by Gasteiger charge is 1.96. The maximum absolute atomic E-state index is 5.11. The van der Waals surface area contributed by atoms with Crippen molar-refractivity contribution in [1.29, 1.82) is 0 Å². The summed E-state index contributed by atoms with van der Waals surface area (Å²) in [6, 6.07) is 0. The summed E-state index contributed by atoms with van der Waals surface area (Å²) in [6.07, 6.45) is 0. The Morgan fingerprint density at radius 2 is 2.33 bits per heavy atom. The minimum atomic E-state index is 0.420. The minimum absolute atomic E-state index is 0.420. The Kier molecular flexibility index (Phi) is 5.13. The van der Waals surface area contributed by atoms with Crippen LogP contribution in [0.15, 0.2) is 0 Å². The third-order valence-electron chi connectivity index (χ3n) is 0.631. The van der Waals surface area contributed by atoms with Crippen LogP contribution in [0.2, 0.25) is 0 Å². The van der Waals surface area contributed by atoms with Crippen LogP contribution in [0.25, 0.3) is 0 Å². The molecule has 0 rings (SSSR count). The molecule has 0 heterocycles. The molecular formula is C5H11NOS2. The third-order valence-corrected chi connectivity index (χ3v) is 1.35. The highest BCUT2D eigenvalue weighted by molar-refractivity contribution is 8.21. The summed E-state index contributed by atoms with van der Waals surface area (Å²) < 4.78 is 5.44. The lowest BCUT2D eigenvalue weighted by Gasteiger charge is -2.05. The van der Waals surface area contributed by atoms with E-state index in [-0.39, 0.29) is 0 Å². The highest BCUT2D eigenvalue weighted by atomic mass is 32.2. The Balaban J connectivity index is 3.17. The molecule has 4 heteroatoms. The molecule has 2 nitrogen and oxygen atoms in total. The lowest BCUT2D eigenvalue weighted by molar-refractivity contribution is 0.273. The molecule has 0 aliphatic heterocycles. The van der Waals surface area contributed by atoms with Crippen molar-refractivity contribution in [3.8, 4) is 0 Å². The molecule has 9 heavy (non-hydrogen) atoms. The van der Waals surface area contributed by atoms with E-state index in [1.54, 1.807) is 0 Å². The molecule has 0 amide bonds. The van der Waals surface area contributed by atoms with Crippen LogP contribution < -0.4 is 5.14 Å². The van der Waals surface area contributed by atoms with Gasteiger partial charge in [0.2, 0.25) is 4.38 Å². The van der Waals surface area contributed by atoms with Crippen molar-refractivity contribution < 1.29 is 4.74 Å². The van der Waals surface area contributed by atoms with Gasteiger partial charge in [0, 0.05) is 11.9 Å². The first-order chi connectivity index (χ1) is 4.16. The van der Waals surface area contributed by atoms with Gasteiger partial charge in [-0.2, -0.15) is 0 Å². The zero-order chi connectivity index (χ0) is 7.28. The van der Waals surface area contributed by atoms with Gasteiger partial charge in [0.1, 0.15) is 0 Å². The monoisotopic (exact) mass is 165 g/mol. The van der Waals surface area contributed by atoms with Crippen LogP contribution in [-0.4, -0.2) is 11.0 Å². The van der Waals surface area contributed by atoms with Crippen LogP contribution in [0, 0.1) is 5.92 Å². The average Bonchev–Trinajstić information content (AvgIpc) is 1.83. The van der Waals surface area contributed by atoms with Gasteiger partial charge in [-0.25, -0.2) is 0 Å². The molecule has 0 bridgehead atoms. The average molecular weight is 165 g/mol. The second-order valence-electron chi connectivity index (χ2n) is 2.07. The van der Waals surface area contributed by atoms with E-state index >= 15 is 0 Å². The number of hydrogen-bond donors (Lipinski definition) is 1. The molecule has 0 aromatic heterocycles. The number of thiocarbonyl (C=S) groups is 1. The van der Waals surface area contributed by atoms with E-state index in [1.807, 2.05) is 0 Å². The Morgan fingerprint density at radius 1 is 1.78 bits per heavy atom. The van der Waals surface area contributed by atoms with E-state index in [2.05, 4.69) is 26.1 Å². The molecule has 0 atom stereocenters. The molecule has 0 aliphatic carbocycles. The van der Waals surface area contributed by atoms with Gasteiger partial charge in [0.25, 0.3) is 0 Å². The van der Waals surface area contributed by atoms with Crippen LogP contribution in [0.1, 0.15) is 13.8 Å². The van der Waals surface area contributed by atoms with Crippen LogP contribution in [0.5, 0.6) is 0 Å². The molecule has 0 saturated heterocycles. The second kappa shape index (κ2) is 5.02. The highest BCUT2D eigenvalue weighted by Crippen LogP contribution is 1.99. The summed E-state index contributed by atoms with van der Waals surface area (Å²) in [7, 11) is 0. The fourth-order valence-electron chi connectivity index (χ4n) is 0.269. The SMILES string of the molecule is CC(C)COC(=S)SN. The molecule has 0 fully saturated rings. The van der Waals surface area contributed by atoms with Gasteiger partial charge in [-0.15, -0.1) is 0 Å². The Bertz CT molecular complexity index is 95.0. The van der Waals surface area contributed by atoms with Gasteiger partial charge >= 0.3 is 0 Å². The van der Waals surface area contributed by atoms with E-state index in [0.29, 0.717) is 16.9 Å². The number of hydrogen-bond acceptors (Lipinski definition) is 4. The molecule has 54 valence electrons. The first-order valence-corrected chi connectivity index (χ1v) is 3.99. The van der Waals surface area contributed by atoms with Crippen LogP contribution >= 0.6 is 24.2 Å². The van der Waals surface area contributed by atoms with Gasteiger partial charge in [-0.05, 0) is 18.1 Å². The van der Waals surface area contributed by atoms with Gasteiger partial charge in [-0.3, -0.25) is 5.14 Å².